The number of carbonyl (C=O) groups is 2. The summed E-state index contributed by atoms with van der Waals surface area (Å²) in [6.07, 6.45) is 10.5. The molecule has 0 saturated carbocycles. The third-order valence-corrected chi connectivity index (χ3v) is 4.62. The van der Waals surface area contributed by atoms with Crippen LogP contribution in [0.1, 0.15) is 13.3 Å². The van der Waals surface area contributed by atoms with Crippen molar-refractivity contribution in [1.29, 1.82) is 0 Å². The average molecular weight is 511 g/mol. The molecule has 0 bridgehead atoms. The summed E-state index contributed by atoms with van der Waals surface area (Å²) in [6, 6.07) is 0. The monoisotopic (exact) mass is 510 g/mol. The molecule has 1 aliphatic rings. The fraction of sp³-hybridized carbons (Fsp3) is 0.333. The summed E-state index contributed by atoms with van der Waals surface area (Å²) >= 11 is 5.24. The van der Waals surface area contributed by atoms with Gasteiger partial charge in [-0.05, 0) is 12.5 Å². The Morgan fingerprint density at radius 2 is 2.06 bits per heavy atom. The van der Waals surface area contributed by atoms with Gasteiger partial charge < -0.3 is 15.4 Å². The Labute approximate surface area is 210 Å². The maximum Gasteiger partial charge on any atom is 0.262 e. The van der Waals surface area contributed by atoms with Crippen molar-refractivity contribution in [2.24, 2.45) is 5.92 Å². The molecule has 0 aromatic carbocycles. The highest BCUT2D eigenvalue weighted by Gasteiger charge is 2.26. The van der Waals surface area contributed by atoms with Crippen LogP contribution in [0.15, 0.2) is 85.1 Å². The molecule has 2 amide bonds. The van der Waals surface area contributed by atoms with Gasteiger partial charge in [0.05, 0.1) is 6.54 Å². The molecule has 192 valence electrons. The second-order valence-corrected chi connectivity index (χ2v) is 7.58. The van der Waals surface area contributed by atoms with Crippen molar-refractivity contribution >= 4 is 23.4 Å². The molecule has 1 fully saturated rings. The zero-order valence-electron chi connectivity index (χ0n) is 19.8. The van der Waals surface area contributed by atoms with Crippen molar-refractivity contribution in [2.75, 3.05) is 20.2 Å². The Morgan fingerprint density at radius 1 is 1.31 bits per heavy atom. The van der Waals surface area contributed by atoms with E-state index in [4.69, 9.17) is 26.2 Å². The molecule has 2 unspecified atom stereocenters. The van der Waals surface area contributed by atoms with Gasteiger partial charge in [0, 0.05) is 30.3 Å². The SMILES string of the molecule is C=C/C=C\C=C\C1NC(CNC(=O)[C@H](C)CC(=C)NC(=O)CO/C(C=C)=C/C(F)=C/Cl)OON1C. The van der Waals surface area contributed by atoms with Crippen LogP contribution in [0.4, 0.5) is 4.39 Å². The van der Waals surface area contributed by atoms with E-state index in [9.17, 15) is 14.0 Å². The zero-order chi connectivity index (χ0) is 26.2. The number of hydroxylamine groups is 2. The maximum absolute atomic E-state index is 13.2. The Morgan fingerprint density at radius 3 is 2.71 bits per heavy atom. The van der Waals surface area contributed by atoms with E-state index in [0.29, 0.717) is 5.70 Å². The lowest BCUT2D eigenvalue weighted by molar-refractivity contribution is -0.476. The molecule has 9 nitrogen and oxygen atoms in total. The minimum Gasteiger partial charge on any atom is -0.484 e. The number of likely N-dealkylation sites (N-methyl/N-ethyl adjacent to an activating group) is 1. The summed E-state index contributed by atoms with van der Waals surface area (Å²) in [6.45, 7) is 12.3. The zero-order valence-corrected chi connectivity index (χ0v) is 20.6. The van der Waals surface area contributed by atoms with Crippen LogP contribution < -0.4 is 16.0 Å². The van der Waals surface area contributed by atoms with Crippen molar-refractivity contribution in [3.8, 4) is 0 Å². The molecule has 0 aliphatic carbocycles. The summed E-state index contributed by atoms with van der Waals surface area (Å²) in [7, 11) is 1.70. The normalized spacial score (nSPS) is 20.5. The van der Waals surface area contributed by atoms with Crippen LogP contribution in [0, 0.1) is 5.92 Å². The predicted octanol–water partition coefficient (Wildman–Crippen LogP) is 3.24. The van der Waals surface area contributed by atoms with Crippen LogP contribution >= 0.6 is 11.6 Å². The number of hydrogen-bond donors (Lipinski definition) is 3. The molecule has 35 heavy (non-hydrogen) atoms. The highest BCUT2D eigenvalue weighted by Crippen LogP contribution is 2.11. The minimum absolute atomic E-state index is 0.0348. The molecule has 1 rings (SSSR count). The van der Waals surface area contributed by atoms with Gasteiger partial charge >= 0.3 is 0 Å². The molecule has 1 saturated heterocycles. The van der Waals surface area contributed by atoms with Gasteiger partial charge in [-0.2, -0.15) is 4.89 Å². The van der Waals surface area contributed by atoms with Gasteiger partial charge in [0.2, 0.25) is 5.91 Å². The third kappa shape index (κ3) is 12.3. The van der Waals surface area contributed by atoms with Gasteiger partial charge in [-0.1, -0.05) is 68.6 Å². The number of nitrogens with zero attached hydrogens (tertiary/aromatic N) is 1. The highest BCUT2D eigenvalue weighted by atomic mass is 35.5. The van der Waals surface area contributed by atoms with Crippen molar-refractivity contribution in [3.05, 3.63) is 85.1 Å². The average Bonchev–Trinajstić information content (AvgIpc) is 2.83. The molecule has 0 aromatic heterocycles. The first-order chi connectivity index (χ1) is 16.7. The van der Waals surface area contributed by atoms with Gasteiger partial charge in [-0.25, -0.2) is 4.39 Å². The summed E-state index contributed by atoms with van der Waals surface area (Å²) in [5.74, 6) is -1.97. The molecule has 1 heterocycles. The smallest absolute Gasteiger partial charge is 0.262 e. The van der Waals surface area contributed by atoms with E-state index < -0.39 is 30.5 Å². The number of nitrogens with one attached hydrogen (secondary N) is 3. The fourth-order valence-electron chi connectivity index (χ4n) is 2.66. The van der Waals surface area contributed by atoms with Gasteiger partial charge in [0.1, 0.15) is 17.8 Å². The first-order valence-corrected chi connectivity index (χ1v) is 11.1. The van der Waals surface area contributed by atoms with Gasteiger partial charge in [0.25, 0.3) is 5.91 Å². The maximum atomic E-state index is 13.2. The molecule has 0 spiro atoms. The lowest BCUT2D eigenvalue weighted by Gasteiger charge is -2.34. The number of hydrogen-bond acceptors (Lipinski definition) is 7. The van der Waals surface area contributed by atoms with E-state index in [2.05, 4.69) is 35.7 Å². The molecular formula is C24H32ClFN4O5. The lowest BCUT2D eigenvalue weighted by atomic mass is 10.1. The van der Waals surface area contributed by atoms with Crippen LogP contribution in [0.3, 0.4) is 0 Å². The standard InChI is InChI=1S/C24H32ClFN4O5/c1-6-8-9-10-11-21-29-23(34-35-30(21)5)15-27-24(32)17(3)12-18(4)28-22(31)16-33-20(7-2)13-19(26)14-25/h6-11,13-14,17,21,23,29H,1-2,4,12,15-16H2,3,5H3,(H,27,32)(H,28,31)/b9-8-,11-10+,19-14-,20-13+/t17-,21?,23?/m1/s1. The van der Waals surface area contributed by atoms with Crippen molar-refractivity contribution in [3.63, 3.8) is 0 Å². The van der Waals surface area contributed by atoms with E-state index in [-0.39, 0.29) is 30.8 Å². The van der Waals surface area contributed by atoms with Crippen LogP contribution in [0.2, 0.25) is 0 Å². The number of amides is 2. The quantitative estimate of drug-likeness (QED) is 0.187. The molecular weight excluding hydrogens is 479 g/mol. The van der Waals surface area contributed by atoms with E-state index in [1.807, 2.05) is 18.2 Å². The highest BCUT2D eigenvalue weighted by molar-refractivity contribution is 6.25. The van der Waals surface area contributed by atoms with E-state index in [1.165, 1.54) is 11.1 Å². The van der Waals surface area contributed by atoms with Gasteiger partial charge in [0.15, 0.2) is 12.8 Å². The van der Waals surface area contributed by atoms with Crippen LogP contribution in [0.5, 0.6) is 0 Å². The molecule has 3 N–H and O–H groups in total. The topological polar surface area (TPSA) is 101 Å². The van der Waals surface area contributed by atoms with Crippen molar-refractivity contribution in [2.45, 2.75) is 25.7 Å². The Bertz CT molecular complexity index is 887. The molecule has 0 radical (unpaired) electrons. The Balaban J connectivity index is 2.43. The first kappa shape index (κ1) is 30.0. The third-order valence-electron chi connectivity index (χ3n) is 4.41. The second-order valence-electron chi connectivity index (χ2n) is 7.36. The summed E-state index contributed by atoms with van der Waals surface area (Å²) in [5.41, 5.74) is 1.05. The number of carbonyl (C=O) groups excluding carboxylic acids is 2. The molecule has 1 aliphatic heterocycles. The second kappa shape index (κ2) is 16.6. The molecule has 11 heteroatoms. The van der Waals surface area contributed by atoms with Gasteiger partial charge in [-0.15, -0.1) is 10.1 Å². The molecule has 0 aromatic rings. The summed E-state index contributed by atoms with van der Waals surface area (Å²) in [5, 5.41) is 9.96. The predicted molar refractivity (Wildman–Crippen MR) is 132 cm³/mol. The Hall–Kier alpha value is -3.02. The van der Waals surface area contributed by atoms with Gasteiger partial charge in [-0.3, -0.25) is 14.9 Å². The molecule has 3 atom stereocenters. The number of allylic oxidation sites excluding steroid dienone is 8. The van der Waals surface area contributed by atoms with Crippen LogP contribution in [-0.4, -0.2) is 49.5 Å². The number of rotatable bonds is 14. The van der Waals surface area contributed by atoms with Crippen LogP contribution in [-0.2, 0) is 24.2 Å². The summed E-state index contributed by atoms with van der Waals surface area (Å²) < 4.78 is 18.3. The van der Waals surface area contributed by atoms with E-state index in [1.54, 1.807) is 26.1 Å². The van der Waals surface area contributed by atoms with E-state index in [0.717, 1.165) is 11.6 Å². The van der Waals surface area contributed by atoms with Crippen molar-refractivity contribution < 1.29 is 28.6 Å². The van der Waals surface area contributed by atoms with Crippen molar-refractivity contribution in [1.82, 2.24) is 21.0 Å². The number of halogens is 2. The van der Waals surface area contributed by atoms with E-state index >= 15 is 0 Å². The first-order valence-electron chi connectivity index (χ1n) is 10.7. The largest absolute Gasteiger partial charge is 0.484 e. The van der Waals surface area contributed by atoms with Crippen LogP contribution in [0.25, 0.3) is 0 Å². The minimum atomic E-state index is -0.744. The number of ether oxygens (including phenoxy) is 1. The lowest BCUT2D eigenvalue weighted by Crippen LogP contribution is -2.57. The summed E-state index contributed by atoms with van der Waals surface area (Å²) in [4.78, 5) is 34.8. The Kier molecular flexibility index (Phi) is 14.2. The fourth-order valence-corrected chi connectivity index (χ4v) is 2.72.